The number of carbonyl (C=O) groups is 2. The van der Waals surface area contributed by atoms with Gasteiger partial charge in [0.1, 0.15) is 17.2 Å². The van der Waals surface area contributed by atoms with Crippen LogP contribution in [0, 0.1) is 0 Å². The van der Waals surface area contributed by atoms with Crippen molar-refractivity contribution in [1.29, 1.82) is 0 Å². The van der Waals surface area contributed by atoms with E-state index in [1.54, 1.807) is 12.1 Å². The summed E-state index contributed by atoms with van der Waals surface area (Å²) in [5.41, 5.74) is 2.33. The van der Waals surface area contributed by atoms with Crippen LogP contribution < -0.4 is 0 Å². The average molecular weight is 254 g/mol. The second-order valence-corrected chi connectivity index (χ2v) is 4.53. The molecule has 1 aromatic carbocycles. The Labute approximate surface area is 111 Å². The summed E-state index contributed by atoms with van der Waals surface area (Å²) in [7, 11) is 0. The summed E-state index contributed by atoms with van der Waals surface area (Å²) in [6.45, 7) is 4.60. The fraction of sp³-hybridized carbons (Fsp3) is 0.267. The fourth-order valence-electron chi connectivity index (χ4n) is 2.65. The predicted molar refractivity (Wildman–Crippen MR) is 71.4 cm³/mol. The Morgan fingerprint density at radius 1 is 1.05 bits per heavy atom. The molecule has 1 aromatic heterocycles. The van der Waals surface area contributed by atoms with Crippen molar-refractivity contribution >= 4 is 11.6 Å². The van der Waals surface area contributed by atoms with Crippen molar-refractivity contribution in [1.82, 2.24) is 9.55 Å². The highest BCUT2D eigenvalue weighted by atomic mass is 16.2. The maximum absolute atomic E-state index is 12.3. The molecule has 1 heterocycles. The third-order valence-corrected chi connectivity index (χ3v) is 3.53. The van der Waals surface area contributed by atoms with E-state index in [0.29, 0.717) is 23.5 Å². The van der Waals surface area contributed by atoms with Gasteiger partial charge in [0.2, 0.25) is 5.78 Å². The summed E-state index contributed by atoms with van der Waals surface area (Å²) < 4.78 is 1.85. The molecule has 0 unspecified atom stereocenters. The topological polar surface area (TPSA) is 52.0 Å². The summed E-state index contributed by atoms with van der Waals surface area (Å²) >= 11 is 0. The molecule has 0 saturated heterocycles. The van der Waals surface area contributed by atoms with E-state index in [0.717, 1.165) is 17.8 Å². The largest absolute Gasteiger partial charge is 0.325 e. The molecule has 1 aliphatic carbocycles. The Kier molecular flexibility index (Phi) is 2.59. The van der Waals surface area contributed by atoms with E-state index in [2.05, 4.69) is 4.98 Å². The standard InChI is InChI=1S/C15H14N2O2/c1-3-11-16-12-9-7-5-6-8-10(9)14(18)15(19)13(12)17(11)4-2/h5-8H,3-4H2,1-2H3. The SMILES string of the molecule is CCc1nc2c(n1CC)C(=O)C(=O)c1ccccc1-2. The Hall–Kier alpha value is -2.23. The highest BCUT2D eigenvalue weighted by Gasteiger charge is 2.35. The van der Waals surface area contributed by atoms with Gasteiger partial charge in [-0.1, -0.05) is 31.2 Å². The molecule has 1 aliphatic rings. The van der Waals surface area contributed by atoms with Crippen LogP contribution in [0.2, 0.25) is 0 Å². The Morgan fingerprint density at radius 3 is 2.37 bits per heavy atom. The number of rotatable bonds is 2. The highest BCUT2D eigenvalue weighted by Crippen LogP contribution is 2.33. The number of carbonyl (C=O) groups excluding carboxylic acids is 2. The van der Waals surface area contributed by atoms with E-state index in [-0.39, 0.29) is 0 Å². The smallest absolute Gasteiger partial charge is 0.252 e. The maximum Gasteiger partial charge on any atom is 0.252 e. The third-order valence-electron chi connectivity index (χ3n) is 3.53. The molecule has 0 N–H and O–H groups in total. The zero-order valence-electron chi connectivity index (χ0n) is 10.9. The molecule has 2 aromatic rings. The summed E-state index contributed by atoms with van der Waals surface area (Å²) in [4.78, 5) is 29.0. The number of benzene rings is 1. The van der Waals surface area contributed by atoms with Gasteiger partial charge in [0.15, 0.2) is 0 Å². The molecular weight excluding hydrogens is 240 g/mol. The van der Waals surface area contributed by atoms with Crippen LogP contribution in [-0.4, -0.2) is 21.1 Å². The number of imidazole rings is 1. The van der Waals surface area contributed by atoms with Gasteiger partial charge in [-0.3, -0.25) is 9.59 Å². The minimum atomic E-state index is -0.442. The van der Waals surface area contributed by atoms with Gasteiger partial charge in [0.05, 0.1) is 0 Å². The first-order valence-electron chi connectivity index (χ1n) is 6.46. The number of fused-ring (bicyclic) bond motifs is 3. The first kappa shape index (κ1) is 11.8. The average Bonchev–Trinajstić information content (AvgIpc) is 2.83. The minimum Gasteiger partial charge on any atom is -0.325 e. The van der Waals surface area contributed by atoms with Crippen LogP contribution in [0.1, 0.15) is 40.5 Å². The molecule has 0 bridgehead atoms. The molecule has 0 spiro atoms. The van der Waals surface area contributed by atoms with Gasteiger partial charge < -0.3 is 4.57 Å². The van der Waals surface area contributed by atoms with Crippen molar-refractivity contribution in [2.75, 3.05) is 0 Å². The van der Waals surface area contributed by atoms with E-state index >= 15 is 0 Å². The Balaban J connectivity index is 2.38. The van der Waals surface area contributed by atoms with E-state index in [1.807, 2.05) is 30.5 Å². The summed E-state index contributed by atoms with van der Waals surface area (Å²) in [5, 5.41) is 0. The first-order chi connectivity index (χ1) is 9.19. The predicted octanol–water partition coefficient (Wildman–Crippen LogP) is 2.51. The molecular formula is C15H14N2O2. The van der Waals surface area contributed by atoms with Gasteiger partial charge >= 0.3 is 0 Å². The molecule has 96 valence electrons. The van der Waals surface area contributed by atoms with Crippen molar-refractivity contribution in [3.63, 3.8) is 0 Å². The van der Waals surface area contributed by atoms with Gasteiger partial charge in [-0.2, -0.15) is 0 Å². The quantitative estimate of drug-likeness (QED) is 0.774. The van der Waals surface area contributed by atoms with E-state index in [4.69, 9.17) is 0 Å². The van der Waals surface area contributed by atoms with Crippen molar-refractivity contribution in [2.45, 2.75) is 26.8 Å². The number of nitrogens with zero attached hydrogens (tertiary/aromatic N) is 2. The lowest BCUT2D eigenvalue weighted by molar-refractivity contribution is 0.0809. The molecule has 3 rings (SSSR count). The second-order valence-electron chi connectivity index (χ2n) is 4.53. The van der Waals surface area contributed by atoms with Crippen LogP contribution in [0.15, 0.2) is 24.3 Å². The van der Waals surface area contributed by atoms with Gasteiger partial charge in [-0.15, -0.1) is 0 Å². The number of Topliss-reactive ketones (excluding diaryl/α,β-unsaturated/α-hetero) is 2. The lowest BCUT2D eigenvalue weighted by atomic mass is 9.90. The van der Waals surface area contributed by atoms with Crippen molar-refractivity contribution in [3.05, 3.63) is 41.3 Å². The van der Waals surface area contributed by atoms with Crippen LogP contribution in [0.4, 0.5) is 0 Å². The van der Waals surface area contributed by atoms with Crippen molar-refractivity contribution in [2.24, 2.45) is 0 Å². The number of aromatic nitrogens is 2. The van der Waals surface area contributed by atoms with E-state index in [1.165, 1.54) is 0 Å². The lowest BCUT2D eigenvalue weighted by Gasteiger charge is -2.15. The maximum atomic E-state index is 12.3. The highest BCUT2D eigenvalue weighted by molar-refractivity contribution is 6.52. The zero-order chi connectivity index (χ0) is 13.6. The monoisotopic (exact) mass is 254 g/mol. The molecule has 19 heavy (non-hydrogen) atoms. The normalized spacial score (nSPS) is 13.4. The summed E-state index contributed by atoms with van der Waals surface area (Å²) in [6.07, 6.45) is 0.741. The van der Waals surface area contributed by atoms with Gasteiger partial charge in [-0.05, 0) is 6.92 Å². The molecule has 0 atom stereocenters. The number of aryl methyl sites for hydroxylation is 1. The summed E-state index contributed by atoms with van der Waals surface area (Å²) in [6, 6.07) is 7.18. The lowest BCUT2D eigenvalue weighted by Crippen LogP contribution is -2.24. The molecule has 0 amide bonds. The van der Waals surface area contributed by atoms with Crippen LogP contribution >= 0.6 is 0 Å². The van der Waals surface area contributed by atoms with E-state index < -0.39 is 11.6 Å². The number of ketones is 2. The van der Waals surface area contributed by atoms with Gasteiger partial charge in [0.25, 0.3) is 5.78 Å². The number of hydrogen-bond donors (Lipinski definition) is 0. The van der Waals surface area contributed by atoms with Crippen LogP contribution in [0.25, 0.3) is 11.3 Å². The summed E-state index contributed by atoms with van der Waals surface area (Å²) in [5.74, 6) is -0.0199. The van der Waals surface area contributed by atoms with Crippen LogP contribution in [0.5, 0.6) is 0 Å². The Morgan fingerprint density at radius 2 is 1.74 bits per heavy atom. The van der Waals surface area contributed by atoms with Gasteiger partial charge in [0, 0.05) is 24.1 Å². The molecule has 4 heteroatoms. The Bertz CT molecular complexity index is 698. The molecule has 0 aliphatic heterocycles. The second kappa shape index (κ2) is 4.16. The third kappa shape index (κ3) is 1.49. The minimum absolute atomic E-state index is 0.430. The van der Waals surface area contributed by atoms with Crippen LogP contribution in [0.3, 0.4) is 0 Å². The molecule has 0 fully saturated rings. The number of hydrogen-bond acceptors (Lipinski definition) is 3. The molecule has 0 saturated carbocycles. The van der Waals surface area contributed by atoms with Crippen molar-refractivity contribution < 1.29 is 9.59 Å². The fourth-order valence-corrected chi connectivity index (χ4v) is 2.65. The van der Waals surface area contributed by atoms with Crippen LogP contribution in [-0.2, 0) is 13.0 Å². The van der Waals surface area contributed by atoms with Crippen molar-refractivity contribution in [3.8, 4) is 11.3 Å². The molecule has 4 nitrogen and oxygen atoms in total. The van der Waals surface area contributed by atoms with E-state index in [9.17, 15) is 9.59 Å². The first-order valence-corrected chi connectivity index (χ1v) is 6.46. The molecule has 0 radical (unpaired) electrons. The van der Waals surface area contributed by atoms with Gasteiger partial charge in [-0.25, -0.2) is 4.98 Å². The zero-order valence-corrected chi connectivity index (χ0v) is 10.9.